The zero-order valence-electron chi connectivity index (χ0n) is 18.4. The largest absolute Gasteiger partial charge is 0.351 e. The minimum atomic E-state index is -0.312. The Morgan fingerprint density at radius 3 is 2.06 bits per heavy atom. The smallest absolute Gasteiger partial charge is 0.272 e. The first kappa shape index (κ1) is 24.5. The van der Waals surface area contributed by atoms with Crippen LogP contribution in [0.1, 0.15) is 40.2 Å². The number of aromatic nitrogens is 2. The first-order valence-electron chi connectivity index (χ1n) is 10.1. The second-order valence-corrected chi connectivity index (χ2v) is 8.08. The minimum Gasteiger partial charge on any atom is -0.351 e. The van der Waals surface area contributed by atoms with Crippen molar-refractivity contribution >= 4 is 41.5 Å². The van der Waals surface area contributed by atoms with E-state index in [4.69, 9.17) is 0 Å². The number of hydrogen-bond acceptors (Lipinski definition) is 4. The van der Waals surface area contributed by atoms with Gasteiger partial charge in [0.25, 0.3) is 11.8 Å². The minimum absolute atomic E-state index is 0. The van der Waals surface area contributed by atoms with Gasteiger partial charge in [-0.3, -0.25) is 14.4 Å². The molecule has 3 amide bonds. The van der Waals surface area contributed by atoms with Gasteiger partial charge >= 0.3 is 0 Å². The van der Waals surface area contributed by atoms with E-state index >= 15 is 0 Å². The second-order valence-electron chi connectivity index (χ2n) is 8.08. The van der Waals surface area contributed by atoms with Gasteiger partial charge in [0.1, 0.15) is 11.4 Å². The average molecular weight is 451 g/mol. The molecule has 0 aliphatic heterocycles. The number of nitrogens with one attached hydrogen (secondary N) is 3. The normalized spacial score (nSPS) is 12.9. The topological polar surface area (TPSA) is 100 Å². The van der Waals surface area contributed by atoms with Crippen molar-refractivity contribution in [3.63, 3.8) is 0 Å². The third-order valence-electron chi connectivity index (χ3n) is 5.02. The maximum Gasteiger partial charge on any atom is 0.272 e. The van der Waals surface area contributed by atoms with Crippen LogP contribution in [0.25, 0.3) is 0 Å². The summed E-state index contributed by atoms with van der Waals surface area (Å²) < 4.78 is 3.35. The first-order valence-corrected chi connectivity index (χ1v) is 10.1. The molecule has 0 aromatic carbocycles. The van der Waals surface area contributed by atoms with E-state index < -0.39 is 0 Å². The molecule has 1 saturated carbocycles. The molecule has 0 saturated heterocycles. The van der Waals surface area contributed by atoms with Gasteiger partial charge in [-0.15, -0.1) is 12.4 Å². The Balaban J connectivity index is 0.00000341. The fourth-order valence-electron chi connectivity index (χ4n) is 3.19. The molecule has 3 rings (SSSR count). The van der Waals surface area contributed by atoms with Gasteiger partial charge in [0.15, 0.2) is 0 Å². The van der Waals surface area contributed by atoms with E-state index in [2.05, 4.69) is 20.9 Å². The molecule has 0 unspecified atom stereocenters. The van der Waals surface area contributed by atoms with Crippen molar-refractivity contribution in [1.29, 1.82) is 0 Å². The highest BCUT2D eigenvalue weighted by molar-refractivity contribution is 6.05. The van der Waals surface area contributed by atoms with Crippen molar-refractivity contribution in [2.45, 2.75) is 19.3 Å². The predicted octanol–water partition coefficient (Wildman–Crippen LogP) is 2.07. The molecule has 10 heteroatoms. The van der Waals surface area contributed by atoms with Crippen LogP contribution in [0.15, 0.2) is 24.5 Å². The van der Waals surface area contributed by atoms with E-state index in [1.165, 1.54) is 0 Å². The van der Waals surface area contributed by atoms with Crippen LogP contribution < -0.4 is 16.0 Å². The molecular formula is C21H31ClN6O3. The van der Waals surface area contributed by atoms with Gasteiger partial charge in [0.05, 0.1) is 11.4 Å². The molecule has 2 aromatic heterocycles. The third-order valence-corrected chi connectivity index (χ3v) is 5.02. The van der Waals surface area contributed by atoms with Crippen LogP contribution in [0.3, 0.4) is 0 Å². The lowest BCUT2D eigenvalue weighted by Gasteiger charge is -2.10. The summed E-state index contributed by atoms with van der Waals surface area (Å²) in [5.41, 5.74) is 2.02. The summed E-state index contributed by atoms with van der Waals surface area (Å²) in [4.78, 5) is 39.1. The Labute approximate surface area is 188 Å². The quantitative estimate of drug-likeness (QED) is 0.509. The van der Waals surface area contributed by atoms with Crippen LogP contribution in [0, 0.1) is 5.92 Å². The Kier molecular flexibility index (Phi) is 8.29. The summed E-state index contributed by atoms with van der Waals surface area (Å²) in [7, 11) is 7.49. The second kappa shape index (κ2) is 10.5. The SMILES string of the molecule is CN(C)CCCNC(=O)c1cc(NC(=O)c2cc(NC(=O)C3CC3)cn2C)cn1C.Cl. The molecule has 0 radical (unpaired) electrons. The Hall–Kier alpha value is -2.78. The summed E-state index contributed by atoms with van der Waals surface area (Å²) in [5, 5.41) is 8.56. The van der Waals surface area contributed by atoms with Gasteiger partial charge in [-0.2, -0.15) is 0 Å². The lowest BCUT2D eigenvalue weighted by Crippen LogP contribution is -2.28. The number of rotatable bonds is 9. The molecule has 2 heterocycles. The molecule has 0 spiro atoms. The van der Waals surface area contributed by atoms with Gasteiger partial charge in [0.2, 0.25) is 5.91 Å². The summed E-state index contributed by atoms with van der Waals surface area (Å²) >= 11 is 0. The first-order chi connectivity index (χ1) is 14.2. The van der Waals surface area contributed by atoms with Crippen LogP contribution in [-0.4, -0.2) is 58.9 Å². The van der Waals surface area contributed by atoms with E-state index in [1.807, 2.05) is 14.1 Å². The van der Waals surface area contributed by atoms with E-state index in [-0.39, 0.29) is 36.0 Å². The molecule has 31 heavy (non-hydrogen) atoms. The van der Waals surface area contributed by atoms with E-state index in [0.29, 0.717) is 29.3 Å². The number of hydrogen-bond donors (Lipinski definition) is 3. The van der Waals surface area contributed by atoms with Crippen LogP contribution in [-0.2, 0) is 18.9 Å². The monoisotopic (exact) mass is 450 g/mol. The number of halogens is 1. The number of amides is 3. The summed E-state index contributed by atoms with van der Waals surface area (Å²) in [6, 6.07) is 3.30. The van der Waals surface area contributed by atoms with Crippen LogP contribution in [0.2, 0.25) is 0 Å². The van der Waals surface area contributed by atoms with Crippen molar-refractivity contribution in [3.05, 3.63) is 35.9 Å². The highest BCUT2D eigenvalue weighted by Crippen LogP contribution is 2.30. The van der Waals surface area contributed by atoms with Crippen LogP contribution >= 0.6 is 12.4 Å². The molecule has 2 aromatic rings. The highest BCUT2D eigenvalue weighted by Gasteiger charge is 2.30. The molecule has 9 nitrogen and oxygen atoms in total. The van der Waals surface area contributed by atoms with Crippen molar-refractivity contribution in [2.24, 2.45) is 20.0 Å². The van der Waals surface area contributed by atoms with E-state index in [1.54, 1.807) is 47.8 Å². The summed E-state index contributed by atoms with van der Waals surface area (Å²) in [6.07, 6.45) is 6.12. The predicted molar refractivity (Wildman–Crippen MR) is 123 cm³/mol. The van der Waals surface area contributed by atoms with Crippen molar-refractivity contribution in [3.8, 4) is 0 Å². The molecule has 1 fully saturated rings. The van der Waals surface area contributed by atoms with Gasteiger partial charge in [-0.25, -0.2) is 0 Å². The lowest BCUT2D eigenvalue weighted by atomic mass is 10.3. The van der Waals surface area contributed by atoms with Crippen molar-refractivity contribution in [1.82, 2.24) is 19.4 Å². The number of aryl methyl sites for hydroxylation is 2. The third kappa shape index (κ3) is 6.60. The number of nitrogens with zero attached hydrogens (tertiary/aromatic N) is 3. The lowest BCUT2D eigenvalue weighted by molar-refractivity contribution is -0.117. The van der Waals surface area contributed by atoms with Gasteiger partial charge in [0, 0.05) is 39.0 Å². The standard InChI is InChI=1S/C21H30N6O3.ClH/c1-25(2)9-5-8-22-20(29)17-10-16(13-26(17)3)24-21(30)18-11-15(12-27(18)4)23-19(28)14-6-7-14;/h10-14H,5-9H2,1-4H3,(H,22,29)(H,23,28)(H,24,30);1H. The van der Waals surface area contributed by atoms with Crippen molar-refractivity contribution in [2.75, 3.05) is 37.8 Å². The summed E-state index contributed by atoms with van der Waals surface area (Å²) in [5.74, 6) is -0.398. The van der Waals surface area contributed by atoms with Crippen LogP contribution in [0.5, 0.6) is 0 Å². The Morgan fingerprint density at radius 1 is 0.968 bits per heavy atom. The molecule has 1 aliphatic carbocycles. The fraction of sp³-hybridized carbons (Fsp3) is 0.476. The molecule has 0 bridgehead atoms. The molecule has 3 N–H and O–H groups in total. The molecular weight excluding hydrogens is 420 g/mol. The van der Waals surface area contributed by atoms with Gasteiger partial charge in [-0.05, 0) is 52.0 Å². The zero-order valence-corrected chi connectivity index (χ0v) is 19.2. The number of carbonyl (C=O) groups is 3. The number of carbonyl (C=O) groups excluding carboxylic acids is 3. The van der Waals surface area contributed by atoms with E-state index in [9.17, 15) is 14.4 Å². The summed E-state index contributed by atoms with van der Waals surface area (Å²) in [6.45, 7) is 1.48. The molecule has 1 aliphatic rings. The maximum absolute atomic E-state index is 12.7. The average Bonchev–Trinajstić information content (AvgIpc) is 3.37. The fourth-order valence-corrected chi connectivity index (χ4v) is 3.19. The van der Waals surface area contributed by atoms with Crippen LogP contribution in [0.4, 0.5) is 11.4 Å². The molecule has 0 atom stereocenters. The zero-order chi connectivity index (χ0) is 21.8. The highest BCUT2D eigenvalue weighted by atomic mass is 35.5. The maximum atomic E-state index is 12.7. The Morgan fingerprint density at radius 2 is 1.52 bits per heavy atom. The number of anilines is 2. The van der Waals surface area contributed by atoms with Gasteiger partial charge < -0.3 is 30.0 Å². The van der Waals surface area contributed by atoms with Crippen molar-refractivity contribution < 1.29 is 14.4 Å². The molecule has 170 valence electrons. The Bertz CT molecular complexity index is 945. The van der Waals surface area contributed by atoms with Gasteiger partial charge in [-0.1, -0.05) is 0 Å². The van der Waals surface area contributed by atoms with E-state index in [0.717, 1.165) is 25.8 Å².